The van der Waals surface area contributed by atoms with Gasteiger partial charge in [0.15, 0.2) is 11.5 Å². The maximum absolute atomic E-state index is 5.62. The molecule has 0 spiro atoms. The second-order valence-corrected chi connectivity index (χ2v) is 6.12. The van der Waals surface area contributed by atoms with E-state index in [-0.39, 0.29) is 0 Å². The van der Waals surface area contributed by atoms with Gasteiger partial charge >= 0.3 is 0 Å². The molecule has 1 atom stereocenters. The first kappa shape index (κ1) is 14.7. The standard InChI is InChI=1S/C15H22BrNO2/c1-9(2)13-14(10-5-6-17-8-10)11(16)7-12(18-3)15(13)19-4/h7,9-10,17H,5-6,8H2,1-4H3. The van der Waals surface area contributed by atoms with Crippen molar-refractivity contribution in [2.24, 2.45) is 0 Å². The van der Waals surface area contributed by atoms with Gasteiger partial charge in [0.05, 0.1) is 14.2 Å². The Hall–Kier alpha value is -0.740. The lowest BCUT2D eigenvalue weighted by Crippen LogP contribution is -2.12. The number of benzene rings is 1. The quantitative estimate of drug-likeness (QED) is 0.915. The highest BCUT2D eigenvalue weighted by atomic mass is 79.9. The number of halogens is 1. The van der Waals surface area contributed by atoms with Crippen molar-refractivity contribution >= 4 is 15.9 Å². The predicted octanol–water partition coefficient (Wildman–Crippen LogP) is 3.67. The summed E-state index contributed by atoms with van der Waals surface area (Å²) in [5, 5.41) is 3.44. The van der Waals surface area contributed by atoms with E-state index < -0.39 is 0 Å². The van der Waals surface area contributed by atoms with Crippen LogP contribution in [0.25, 0.3) is 0 Å². The zero-order valence-corrected chi connectivity index (χ0v) is 13.6. The molecule has 1 aromatic rings. The van der Waals surface area contributed by atoms with Gasteiger partial charge in [0, 0.05) is 16.6 Å². The van der Waals surface area contributed by atoms with Crippen molar-refractivity contribution in [3.8, 4) is 11.5 Å². The van der Waals surface area contributed by atoms with Gasteiger partial charge in [-0.25, -0.2) is 0 Å². The minimum atomic E-state index is 0.400. The van der Waals surface area contributed by atoms with Crippen molar-refractivity contribution < 1.29 is 9.47 Å². The van der Waals surface area contributed by atoms with Gasteiger partial charge in [-0.05, 0) is 36.4 Å². The Balaban J connectivity index is 2.63. The summed E-state index contributed by atoms with van der Waals surface area (Å²) in [4.78, 5) is 0. The van der Waals surface area contributed by atoms with Crippen LogP contribution in [0.5, 0.6) is 11.5 Å². The molecule has 0 bridgehead atoms. The molecule has 1 N–H and O–H groups in total. The smallest absolute Gasteiger partial charge is 0.164 e. The summed E-state index contributed by atoms with van der Waals surface area (Å²) in [5.74, 6) is 2.62. The molecule has 1 unspecified atom stereocenters. The van der Waals surface area contributed by atoms with Gasteiger partial charge < -0.3 is 14.8 Å². The van der Waals surface area contributed by atoms with E-state index in [9.17, 15) is 0 Å². The Morgan fingerprint density at radius 2 is 2.05 bits per heavy atom. The SMILES string of the molecule is COc1cc(Br)c(C2CCNC2)c(C(C)C)c1OC. The van der Waals surface area contributed by atoms with Crippen LogP contribution in [0.1, 0.15) is 43.2 Å². The van der Waals surface area contributed by atoms with Gasteiger partial charge in [-0.1, -0.05) is 29.8 Å². The minimum Gasteiger partial charge on any atom is -0.493 e. The number of nitrogens with one attached hydrogen (secondary N) is 1. The van der Waals surface area contributed by atoms with Crippen molar-refractivity contribution in [1.29, 1.82) is 0 Å². The van der Waals surface area contributed by atoms with E-state index in [2.05, 4.69) is 35.1 Å². The van der Waals surface area contributed by atoms with Crippen molar-refractivity contribution in [2.45, 2.75) is 32.1 Å². The molecular weight excluding hydrogens is 306 g/mol. The molecule has 0 aromatic heterocycles. The highest BCUT2D eigenvalue weighted by molar-refractivity contribution is 9.10. The van der Waals surface area contributed by atoms with Gasteiger partial charge in [0.1, 0.15) is 0 Å². The molecule has 2 rings (SSSR count). The first-order chi connectivity index (χ1) is 9.10. The normalized spacial score (nSPS) is 18.9. The van der Waals surface area contributed by atoms with Crippen molar-refractivity contribution in [3.05, 3.63) is 21.7 Å². The van der Waals surface area contributed by atoms with Crippen LogP contribution in [-0.2, 0) is 0 Å². The summed E-state index contributed by atoms with van der Waals surface area (Å²) in [5.41, 5.74) is 2.64. The van der Waals surface area contributed by atoms with Crippen molar-refractivity contribution in [3.63, 3.8) is 0 Å². The van der Waals surface area contributed by atoms with E-state index in [1.807, 2.05) is 6.07 Å². The van der Waals surface area contributed by atoms with E-state index >= 15 is 0 Å². The number of methoxy groups -OCH3 is 2. The van der Waals surface area contributed by atoms with E-state index in [1.54, 1.807) is 14.2 Å². The van der Waals surface area contributed by atoms with Gasteiger partial charge in [-0.15, -0.1) is 0 Å². The Kier molecular flexibility index (Phi) is 4.74. The Labute approximate surface area is 123 Å². The lowest BCUT2D eigenvalue weighted by atomic mass is 9.87. The average molecular weight is 328 g/mol. The molecule has 1 heterocycles. The molecule has 19 heavy (non-hydrogen) atoms. The van der Waals surface area contributed by atoms with E-state index in [0.29, 0.717) is 11.8 Å². The Morgan fingerprint density at radius 3 is 2.53 bits per heavy atom. The topological polar surface area (TPSA) is 30.5 Å². The zero-order chi connectivity index (χ0) is 14.0. The second-order valence-electron chi connectivity index (χ2n) is 5.27. The molecule has 3 nitrogen and oxygen atoms in total. The van der Waals surface area contributed by atoms with Gasteiger partial charge in [-0.3, -0.25) is 0 Å². The summed E-state index contributed by atoms with van der Waals surface area (Å²) in [6.45, 7) is 6.53. The van der Waals surface area contributed by atoms with E-state index in [1.165, 1.54) is 17.5 Å². The third-order valence-corrected chi connectivity index (χ3v) is 4.40. The summed E-state index contributed by atoms with van der Waals surface area (Å²) < 4.78 is 12.2. The first-order valence-electron chi connectivity index (χ1n) is 6.75. The molecule has 1 aliphatic rings. The Bertz CT molecular complexity index is 454. The molecule has 0 saturated carbocycles. The second kappa shape index (κ2) is 6.14. The average Bonchev–Trinajstić information content (AvgIpc) is 2.90. The molecule has 1 aromatic carbocycles. The number of rotatable bonds is 4. The molecule has 4 heteroatoms. The predicted molar refractivity (Wildman–Crippen MR) is 81.6 cm³/mol. The number of hydrogen-bond acceptors (Lipinski definition) is 3. The minimum absolute atomic E-state index is 0.400. The van der Waals surface area contributed by atoms with Crippen LogP contribution in [0, 0.1) is 0 Å². The van der Waals surface area contributed by atoms with Gasteiger partial charge in [-0.2, -0.15) is 0 Å². The first-order valence-corrected chi connectivity index (χ1v) is 7.54. The van der Waals surface area contributed by atoms with Crippen LogP contribution < -0.4 is 14.8 Å². The van der Waals surface area contributed by atoms with Crippen LogP contribution in [-0.4, -0.2) is 27.3 Å². The lowest BCUT2D eigenvalue weighted by Gasteiger charge is -2.24. The third kappa shape index (κ3) is 2.75. The molecule has 0 aliphatic carbocycles. The van der Waals surface area contributed by atoms with Crippen LogP contribution in [0.2, 0.25) is 0 Å². The third-order valence-electron chi connectivity index (χ3n) is 3.74. The van der Waals surface area contributed by atoms with Gasteiger partial charge in [0.25, 0.3) is 0 Å². The zero-order valence-electron chi connectivity index (χ0n) is 12.0. The summed E-state index contributed by atoms with van der Waals surface area (Å²) >= 11 is 3.72. The summed E-state index contributed by atoms with van der Waals surface area (Å²) in [6.07, 6.45) is 1.17. The largest absolute Gasteiger partial charge is 0.493 e. The fraction of sp³-hybridized carbons (Fsp3) is 0.600. The van der Waals surface area contributed by atoms with Crippen LogP contribution >= 0.6 is 15.9 Å². The molecule has 0 amide bonds. The van der Waals surface area contributed by atoms with E-state index in [4.69, 9.17) is 9.47 Å². The maximum atomic E-state index is 5.62. The van der Waals surface area contributed by atoms with Crippen molar-refractivity contribution in [1.82, 2.24) is 5.32 Å². The molecule has 1 aliphatic heterocycles. The molecular formula is C15H22BrNO2. The molecule has 0 radical (unpaired) electrons. The monoisotopic (exact) mass is 327 g/mol. The molecule has 106 valence electrons. The fourth-order valence-corrected chi connectivity index (χ4v) is 3.64. The Morgan fingerprint density at radius 1 is 1.32 bits per heavy atom. The highest BCUT2D eigenvalue weighted by Crippen LogP contribution is 2.45. The number of ether oxygens (including phenoxy) is 2. The van der Waals surface area contributed by atoms with Crippen molar-refractivity contribution in [2.75, 3.05) is 27.3 Å². The molecule has 1 saturated heterocycles. The number of hydrogen-bond donors (Lipinski definition) is 1. The molecule has 1 fully saturated rings. The summed E-state index contributed by atoms with van der Waals surface area (Å²) in [7, 11) is 3.40. The van der Waals surface area contributed by atoms with Crippen LogP contribution in [0.15, 0.2) is 10.5 Å². The highest BCUT2D eigenvalue weighted by Gasteiger charge is 2.27. The summed E-state index contributed by atoms with van der Waals surface area (Å²) in [6, 6.07) is 2.03. The lowest BCUT2D eigenvalue weighted by molar-refractivity contribution is 0.349. The van der Waals surface area contributed by atoms with E-state index in [0.717, 1.165) is 29.1 Å². The van der Waals surface area contributed by atoms with Gasteiger partial charge in [0.2, 0.25) is 0 Å². The van der Waals surface area contributed by atoms with Crippen LogP contribution in [0.3, 0.4) is 0 Å². The fourth-order valence-electron chi connectivity index (χ4n) is 2.89. The van der Waals surface area contributed by atoms with Crippen LogP contribution in [0.4, 0.5) is 0 Å². The maximum Gasteiger partial charge on any atom is 0.164 e.